The van der Waals surface area contributed by atoms with E-state index < -0.39 is 0 Å². The van der Waals surface area contributed by atoms with E-state index in [-0.39, 0.29) is 0 Å². The number of pyridine rings is 1. The molecule has 0 saturated heterocycles. The molecule has 11 aromatic rings. The molecule has 3 nitrogen and oxygen atoms in total. The summed E-state index contributed by atoms with van der Waals surface area (Å²) in [5, 5.41) is 21.6. The second kappa shape index (κ2) is 11.4. The molecule has 2 aromatic heterocycles. The van der Waals surface area contributed by atoms with Crippen LogP contribution < -0.4 is 0 Å². The van der Waals surface area contributed by atoms with Gasteiger partial charge >= 0.3 is 0 Å². The quantitative estimate of drug-likeness (QED) is 0.139. The third-order valence-electron chi connectivity index (χ3n) is 10.9. The molecule has 0 spiro atoms. The molecule has 0 atom stereocenters. The molecule has 0 saturated carbocycles. The summed E-state index contributed by atoms with van der Waals surface area (Å²) >= 11 is 0. The van der Waals surface area contributed by atoms with Crippen molar-refractivity contribution in [2.75, 3.05) is 0 Å². The fraction of sp³-hybridized carbons (Fsp3) is 0. The van der Waals surface area contributed by atoms with E-state index in [1.165, 1.54) is 43.6 Å². The average Bonchev–Trinajstić information content (AvgIpc) is 3.55. The van der Waals surface area contributed by atoms with Crippen LogP contribution in [0.4, 0.5) is 0 Å². The first kappa shape index (κ1) is 29.5. The molecule has 0 aliphatic rings. The molecule has 244 valence electrons. The number of benzene rings is 9. The van der Waals surface area contributed by atoms with Crippen LogP contribution in [-0.4, -0.2) is 9.55 Å². The second-order valence-corrected chi connectivity index (χ2v) is 13.8. The molecule has 0 bridgehead atoms. The van der Waals surface area contributed by atoms with Gasteiger partial charge in [-0.25, -0.2) is 4.98 Å². The minimum atomic E-state index is 0.649. The Kier molecular flexibility index (Phi) is 6.32. The van der Waals surface area contributed by atoms with Crippen LogP contribution in [0.2, 0.25) is 0 Å². The lowest BCUT2D eigenvalue weighted by atomic mass is 9.84. The lowest BCUT2D eigenvalue weighted by Crippen LogP contribution is -1.94. The fourth-order valence-electron chi connectivity index (χ4n) is 8.65. The highest BCUT2D eigenvalue weighted by atomic mass is 15.0. The van der Waals surface area contributed by atoms with Crippen molar-refractivity contribution >= 4 is 75.9 Å². The van der Waals surface area contributed by atoms with Gasteiger partial charge in [0.2, 0.25) is 0 Å². The molecule has 2 heterocycles. The third kappa shape index (κ3) is 4.37. The summed E-state index contributed by atoms with van der Waals surface area (Å²) in [7, 11) is 0. The minimum Gasteiger partial charge on any atom is -0.309 e. The third-order valence-corrected chi connectivity index (χ3v) is 10.9. The number of rotatable bonds is 3. The molecule has 3 heteroatoms. The Morgan fingerprint density at radius 1 is 0.434 bits per heavy atom. The molecule has 9 aromatic carbocycles. The average molecular weight is 672 g/mol. The monoisotopic (exact) mass is 671 g/mol. The predicted molar refractivity (Wildman–Crippen MR) is 222 cm³/mol. The van der Waals surface area contributed by atoms with Crippen LogP contribution in [0.25, 0.3) is 104 Å². The van der Waals surface area contributed by atoms with E-state index in [0.717, 1.165) is 60.2 Å². The molecule has 0 aliphatic carbocycles. The van der Waals surface area contributed by atoms with Gasteiger partial charge < -0.3 is 4.57 Å². The van der Waals surface area contributed by atoms with Gasteiger partial charge in [-0.05, 0) is 104 Å². The summed E-state index contributed by atoms with van der Waals surface area (Å²) in [5.74, 6) is 0. The van der Waals surface area contributed by atoms with Gasteiger partial charge in [0.1, 0.15) is 0 Å². The summed E-state index contributed by atoms with van der Waals surface area (Å²) < 4.78 is 2.28. The maximum Gasteiger partial charge on any atom is 0.0992 e. The van der Waals surface area contributed by atoms with Crippen molar-refractivity contribution in [1.29, 1.82) is 5.26 Å². The van der Waals surface area contributed by atoms with Gasteiger partial charge in [-0.15, -0.1) is 0 Å². The Hall–Kier alpha value is -7.28. The molecule has 0 fully saturated rings. The van der Waals surface area contributed by atoms with Gasteiger partial charge in [-0.3, -0.25) is 0 Å². The van der Waals surface area contributed by atoms with Gasteiger partial charge in [0.25, 0.3) is 0 Å². The van der Waals surface area contributed by atoms with E-state index in [9.17, 15) is 5.26 Å². The zero-order chi connectivity index (χ0) is 35.0. The van der Waals surface area contributed by atoms with Crippen LogP contribution in [0.3, 0.4) is 0 Å². The van der Waals surface area contributed by atoms with Gasteiger partial charge in [0.15, 0.2) is 0 Å². The summed E-state index contributed by atoms with van der Waals surface area (Å²) in [6.07, 6.45) is 0. The highest BCUT2D eigenvalue weighted by Crippen LogP contribution is 2.47. The number of hydrogen-bond acceptors (Lipinski definition) is 2. The second-order valence-electron chi connectivity index (χ2n) is 13.8. The van der Waals surface area contributed by atoms with Crippen LogP contribution in [0.15, 0.2) is 176 Å². The summed E-state index contributed by atoms with van der Waals surface area (Å²) in [6, 6.07) is 65.1. The summed E-state index contributed by atoms with van der Waals surface area (Å²) in [5.41, 5.74) is 10.7. The van der Waals surface area contributed by atoms with Crippen molar-refractivity contribution in [2.45, 2.75) is 0 Å². The fourth-order valence-corrected chi connectivity index (χ4v) is 8.65. The Balaban J connectivity index is 1.23. The predicted octanol–water partition coefficient (Wildman–Crippen LogP) is 13.2. The topological polar surface area (TPSA) is 41.6 Å². The van der Waals surface area contributed by atoms with Gasteiger partial charge in [0, 0.05) is 32.6 Å². The van der Waals surface area contributed by atoms with Crippen molar-refractivity contribution in [1.82, 2.24) is 9.55 Å². The largest absolute Gasteiger partial charge is 0.309 e. The van der Waals surface area contributed by atoms with E-state index >= 15 is 0 Å². The highest BCUT2D eigenvalue weighted by molar-refractivity contribution is 6.26. The number of para-hydroxylation sites is 2. The first-order valence-corrected chi connectivity index (χ1v) is 17.9. The van der Waals surface area contributed by atoms with Crippen molar-refractivity contribution < 1.29 is 0 Å². The Morgan fingerprint density at radius 2 is 1.08 bits per heavy atom. The standard InChI is InChI=1S/C50H29N3/c51-30-31-22-24-37-43-28-33(23-25-46(43)53(47(37)26-31)35-13-2-1-3-14-35)48-38-16-6-8-18-40(38)49(41-19-9-7-17-39(41)48)44-29-34-27-32-12-4-11-21-45(32)52-50(34)42-20-10-5-15-36(42)44/h1-29H. The van der Waals surface area contributed by atoms with E-state index in [1.54, 1.807) is 0 Å². The zero-order valence-corrected chi connectivity index (χ0v) is 28.6. The van der Waals surface area contributed by atoms with Crippen molar-refractivity contribution in [3.63, 3.8) is 0 Å². The minimum absolute atomic E-state index is 0.649. The van der Waals surface area contributed by atoms with Crippen molar-refractivity contribution in [3.05, 3.63) is 181 Å². The Bertz CT molecular complexity index is 3290. The molecule has 0 radical (unpaired) electrons. The number of hydrogen-bond donors (Lipinski definition) is 0. The SMILES string of the molecule is N#Cc1ccc2c3cc(-c4c5ccccc5c(-c5cc6cc7ccccc7nc6c6ccccc56)c5ccccc45)ccc3n(-c3ccccc3)c2c1. The lowest BCUT2D eigenvalue weighted by Gasteiger charge is -2.19. The summed E-state index contributed by atoms with van der Waals surface area (Å²) in [4.78, 5) is 5.18. The maximum absolute atomic E-state index is 9.82. The van der Waals surface area contributed by atoms with Crippen LogP contribution in [0.5, 0.6) is 0 Å². The highest BCUT2D eigenvalue weighted by Gasteiger charge is 2.21. The number of aromatic nitrogens is 2. The number of nitrogens with zero attached hydrogens (tertiary/aromatic N) is 3. The van der Waals surface area contributed by atoms with E-state index in [4.69, 9.17) is 4.98 Å². The zero-order valence-electron chi connectivity index (χ0n) is 28.6. The van der Waals surface area contributed by atoms with E-state index in [0.29, 0.717) is 5.56 Å². The van der Waals surface area contributed by atoms with E-state index in [2.05, 4.69) is 168 Å². The molecule has 0 unspecified atom stereocenters. The molecule has 53 heavy (non-hydrogen) atoms. The maximum atomic E-state index is 9.82. The number of nitriles is 1. The molecular weight excluding hydrogens is 643 g/mol. The molecule has 0 N–H and O–H groups in total. The van der Waals surface area contributed by atoms with Crippen LogP contribution in [0, 0.1) is 11.3 Å². The van der Waals surface area contributed by atoms with Gasteiger partial charge in [0.05, 0.1) is 33.7 Å². The van der Waals surface area contributed by atoms with Crippen LogP contribution >= 0.6 is 0 Å². The van der Waals surface area contributed by atoms with Crippen molar-refractivity contribution in [2.24, 2.45) is 0 Å². The Morgan fingerprint density at radius 3 is 1.81 bits per heavy atom. The molecular formula is C50H29N3. The lowest BCUT2D eigenvalue weighted by molar-refractivity contribution is 1.18. The molecule has 0 amide bonds. The summed E-state index contributed by atoms with van der Waals surface area (Å²) in [6.45, 7) is 0. The van der Waals surface area contributed by atoms with Crippen molar-refractivity contribution in [3.8, 4) is 34.0 Å². The van der Waals surface area contributed by atoms with Gasteiger partial charge in [-0.1, -0.05) is 121 Å². The van der Waals surface area contributed by atoms with Gasteiger partial charge in [-0.2, -0.15) is 5.26 Å². The molecule has 0 aliphatic heterocycles. The molecule has 11 rings (SSSR count). The van der Waals surface area contributed by atoms with Crippen LogP contribution in [-0.2, 0) is 0 Å². The van der Waals surface area contributed by atoms with E-state index in [1.807, 2.05) is 18.2 Å². The first-order chi connectivity index (χ1) is 26.2. The van der Waals surface area contributed by atoms with Crippen LogP contribution in [0.1, 0.15) is 5.56 Å². The normalized spacial score (nSPS) is 11.8. The smallest absolute Gasteiger partial charge is 0.0992 e. The Labute approximate surface area is 305 Å². The number of fused-ring (bicyclic) bond motifs is 9. The first-order valence-electron chi connectivity index (χ1n) is 17.9.